The van der Waals surface area contributed by atoms with Crippen LogP contribution < -0.4 is 5.32 Å². The highest BCUT2D eigenvalue weighted by Crippen LogP contribution is 2.32. The Morgan fingerprint density at radius 1 is 1.18 bits per heavy atom. The van der Waals surface area contributed by atoms with Gasteiger partial charge in [-0.1, -0.05) is 0 Å². The molecule has 0 spiro atoms. The number of rotatable bonds is 8. The minimum atomic E-state index is -0.166. The summed E-state index contributed by atoms with van der Waals surface area (Å²) in [6.45, 7) is 3.06. The molecule has 0 radical (unpaired) electrons. The van der Waals surface area contributed by atoms with E-state index in [2.05, 4.69) is 15.3 Å². The molecular formula is C23H27N7O2S. The number of pyridine rings is 1. The van der Waals surface area contributed by atoms with Crippen LogP contribution in [0.2, 0.25) is 0 Å². The van der Waals surface area contributed by atoms with E-state index in [0.29, 0.717) is 18.8 Å². The molecule has 33 heavy (non-hydrogen) atoms. The van der Waals surface area contributed by atoms with Crippen molar-refractivity contribution in [3.05, 3.63) is 52.7 Å². The Kier molecular flexibility index (Phi) is 6.21. The van der Waals surface area contributed by atoms with E-state index in [0.717, 1.165) is 46.6 Å². The van der Waals surface area contributed by atoms with Crippen LogP contribution in [0.15, 0.2) is 30.0 Å². The number of methoxy groups -OCH3 is 1. The molecule has 10 heteroatoms. The maximum Gasteiger partial charge on any atom is 0.188 e. The predicted molar refractivity (Wildman–Crippen MR) is 127 cm³/mol. The second-order valence-corrected chi connectivity index (χ2v) is 8.96. The number of aromatic nitrogens is 6. The van der Waals surface area contributed by atoms with Gasteiger partial charge >= 0.3 is 0 Å². The van der Waals surface area contributed by atoms with E-state index in [1.165, 1.54) is 35.4 Å². The van der Waals surface area contributed by atoms with Crippen molar-refractivity contribution >= 4 is 22.3 Å². The fraction of sp³-hybridized carbons (Fsp3) is 0.391. The van der Waals surface area contributed by atoms with Crippen molar-refractivity contribution in [2.75, 3.05) is 19.0 Å². The van der Waals surface area contributed by atoms with Crippen molar-refractivity contribution in [2.24, 2.45) is 0 Å². The molecule has 0 atom stereocenters. The highest BCUT2D eigenvalue weighted by Gasteiger charge is 2.21. The zero-order valence-corrected chi connectivity index (χ0v) is 19.6. The van der Waals surface area contributed by atoms with Gasteiger partial charge in [-0.05, 0) is 44.7 Å². The minimum absolute atomic E-state index is 0.166. The van der Waals surface area contributed by atoms with Gasteiger partial charge in [0.2, 0.25) is 0 Å². The highest BCUT2D eigenvalue weighted by molar-refractivity contribution is 7.14. The van der Waals surface area contributed by atoms with Gasteiger partial charge in [0.1, 0.15) is 11.5 Å². The first-order valence-electron chi connectivity index (χ1n) is 11.1. The smallest absolute Gasteiger partial charge is 0.188 e. The molecule has 4 aromatic heterocycles. The summed E-state index contributed by atoms with van der Waals surface area (Å²) in [5.74, 6) is 1.01. The van der Waals surface area contributed by atoms with Gasteiger partial charge in [0.25, 0.3) is 0 Å². The van der Waals surface area contributed by atoms with Crippen LogP contribution in [0.4, 0.5) is 10.9 Å². The number of fused-ring (bicyclic) bond motifs is 1. The summed E-state index contributed by atoms with van der Waals surface area (Å²) in [5.41, 5.74) is 6.25. The molecule has 1 aliphatic rings. The number of hydrogen-bond acceptors (Lipinski definition) is 8. The van der Waals surface area contributed by atoms with Gasteiger partial charge in [-0.25, -0.2) is 19.6 Å². The molecule has 4 aromatic rings. The van der Waals surface area contributed by atoms with Crippen LogP contribution in [0.3, 0.4) is 0 Å². The first kappa shape index (κ1) is 21.7. The van der Waals surface area contributed by atoms with Crippen molar-refractivity contribution in [1.29, 1.82) is 0 Å². The molecule has 0 fully saturated rings. The number of ether oxygens (including phenoxy) is 1. The normalized spacial score (nSPS) is 13.3. The molecule has 2 N–H and O–H groups in total. The van der Waals surface area contributed by atoms with Crippen molar-refractivity contribution in [3.63, 3.8) is 0 Å². The molecule has 0 bridgehead atoms. The quantitative estimate of drug-likeness (QED) is 0.409. The number of nitrogens with zero attached hydrogens (tertiary/aromatic N) is 6. The van der Waals surface area contributed by atoms with E-state index in [1.54, 1.807) is 13.4 Å². The molecule has 0 saturated carbocycles. The SMILES string of the molecule is COCCn1nc2c(c1Nc1nc(-c3ccc(-n4cnc(C)c4)c(CO)n3)cs1)CCCC2. The molecule has 0 unspecified atom stereocenters. The van der Waals surface area contributed by atoms with Crippen molar-refractivity contribution in [3.8, 4) is 17.1 Å². The van der Waals surface area contributed by atoms with Crippen LogP contribution in [0.25, 0.3) is 17.1 Å². The maximum absolute atomic E-state index is 9.90. The van der Waals surface area contributed by atoms with Crippen LogP contribution in [-0.2, 0) is 30.7 Å². The highest BCUT2D eigenvalue weighted by atomic mass is 32.1. The summed E-state index contributed by atoms with van der Waals surface area (Å²) in [6.07, 6.45) is 8.04. The lowest BCUT2D eigenvalue weighted by Gasteiger charge is -2.12. The minimum Gasteiger partial charge on any atom is -0.390 e. The third-order valence-electron chi connectivity index (χ3n) is 5.81. The molecule has 9 nitrogen and oxygen atoms in total. The first-order chi connectivity index (χ1) is 16.2. The molecule has 5 rings (SSSR count). The van der Waals surface area contributed by atoms with E-state index in [4.69, 9.17) is 14.8 Å². The third-order valence-corrected chi connectivity index (χ3v) is 6.57. The number of anilines is 2. The lowest BCUT2D eigenvalue weighted by atomic mass is 9.97. The van der Waals surface area contributed by atoms with Crippen LogP contribution in [0.5, 0.6) is 0 Å². The van der Waals surface area contributed by atoms with E-state index < -0.39 is 0 Å². The zero-order valence-electron chi connectivity index (χ0n) is 18.8. The number of nitrogens with one attached hydrogen (secondary N) is 1. The topological polar surface area (TPSA) is 103 Å². The van der Waals surface area contributed by atoms with Crippen LogP contribution in [-0.4, -0.2) is 48.1 Å². The Morgan fingerprint density at radius 3 is 2.85 bits per heavy atom. The number of aliphatic hydroxyl groups excluding tert-OH is 1. The Labute approximate surface area is 196 Å². The van der Waals surface area contributed by atoms with Crippen LogP contribution in [0, 0.1) is 6.92 Å². The van der Waals surface area contributed by atoms with Crippen molar-refractivity contribution in [2.45, 2.75) is 45.8 Å². The average Bonchev–Trinajstić information content (AvgIpc) is 3.57. The number of hydrogen-bond donors (Lipinski definition) is 2. The lowest BCUT2D eigenvalue weighted by Crippen LogP contribution is -2.09. The van der Waals surface area contributed by atoms with Gasteiger partial charge in [0.05, 0.1) is 54.5 Å². The summed E-state index contributed by atoms with van der Waals surface area (Å²) in [7, 11) is 1.70. The lowest BCUT2D eigenvalue weighted by molar-refractivity contribution is 0.184. The van der Waals surface area contributed by atoms with Gasteiger partial charge in [-0.15, -0.1) is 11.3 Å². The fourth-order valence-electron chi connectivity index (χ4n) is 4.18. The molecule has 172 valence electrons. The number of imidazole rings is 1. The van der Waals surface area contributed by atoms with Gasteiger partial charge < -0.3 is 19.7 Å². The summed E-state index contributed by atoms with van der Waals surface area (Å²) in [4.78, 5) is 13.7. The molecule has 4 heterocycles. The number of aryl methyl sites for hydroxylation is 2. The Bertz CT molecular complexity index is 1260. The monoisotopic (exact) mass is 465 g/mol. The summed E-state index contributed by atoms with van der Waals surface area (Å²) >= 11 is 1.53. The van der Waals surface area contributed by atoms with Gasteiger partial charge in [-0.3, -0.25) is 0 Å². The van der Waals surface area contributed by atoms with Crippen LogP contribution >= 0.6 is 11.3 Å². The van der Waals surface area contributed by atoms with Gasteiger partial charge in [-0.2, -0.15) is 5.10 Å². The third kappa shape index (κ3) is 4.41. The Balaban J connectivity index is 1.42. The van der Waals surface area contributed by atoms with E-state index in [9.17, 15) is 5.11 Å². The summed E-state index contributed by atoms with van der Waals surface area (Å²) < 4.78 is 9.15. The van der Waals surface area contributed by atoms with Gasteiger partial charge in [0, 0.05) is 24.3 Å². The fourth-order valence-corrected chi connectivity index (χ4v) is 4.88. The van der Waals surface area contributed by atoms with Crippen molar-refractivity contribution < 1.29 is 9.84 Å². The molecular weight excluding hydrogens is 438 g/mol. The van der Waals surface area contributed by atoms with E-state index in [-0.39, 0.29) is 6.61 Å². The van der Waals surface area contributed by atoms with Crippen LogP contribution in [0.1, 0.15) is 35.5 Å². The molecule has 0 amide bonds. The molecule has 0 saturated heterocycles. The first-order valence-corrected chi connectivity index (χ1v) is 12.0. The second kappa shape index (κ2) is 9.42. The zero-order chi connectivity index (χ0) is 22.8. The largest absolute Gasteiger partial charge is 0.390 e. The molecule has 0 aliphatic heterocycles. The Hall–Kier alpha value is -3.08. The number of aliphatic hydroxyl groups is 1. The summed E-state index contributed by atoms with van der Waals surface area (Å²) in [6, 6.07) is 3.87. The van der Waals surface area contributed by atoms with E-state index >= 15 is 0 Å². The predicted octanol–water partition coefficient (Wildman–Crippen LogP) is 3.66. The van der Waals surface area contributed by atoms with E-state index in [1.807, 2.05) is 39.9 Å². The molecule has 1 aliphatic carbocycles. The van der Waals surface area contributed by atoms with Crippen molar-refractivity contribution in [1.82, 2.24) is 29.3 Å². The Morgan fingerprint density at radius 2 is 2.06 bits per heavy atom. The average molecular weight is 466 g/mol. The second-order valence-electron chi connectivity index (χ2n) is 8.10. The molecule has 0 aromatic carbocycles. The summed E-state index contributed by atoms with van der Waals surface area (Å²) in [5, 5.41) is 21.0. The maximum atomic E-state index is 9.90. The van der Waals surface area contributed by atoms with Gasteiger partial charge in [0.15, 0.2) is 5.13 Å². The number of thiazole rings is 1. The standard InChI is InChI=1S/C23H27N7O2S/c1-15-11-29(14-24-15)21-8-7-18(25-19(21)12-31)20-13-33-23(26-20)27-22-16-5-3-4-6-17(16)28-30(22)9-10-32-2/h7-8,11,13-14,31H,3-6,9-10,12H2,1-2H3,(H,26,27).